The van der Waals surface area contributed by atoms with Gasteiger partial charge in [-0.15, -0.1) is 0 Å². The number of rotatable bonds is 6. The minimum absolute atomic E-state index is 0.410. The van der Waals surface area contributed by atoms with Gasteiger partial charge < -0.3 is 10.1 Å². The zero-order chi connectivity index (χ0) is 18.9. The minimum Gasteiger partial charge on any atom is -0.444 e. The van der Waals surface area contributed by atoms with E-state index in [-0.39, 0.29) is 0 Å². The monoisotopic (exact) mass is 367 g/mol. The van der Waals surface area contributed by atoms with Crippen LogP contribution in [0.25, 0.3) is 0 Å². The lowest BCUT2D eigenvalue weighted by molar-refractivity contribution is -0.124. The normalized spacial score (nSPS) is 12.0. The Labute approximate surface area is 152 Å². The summed E-state index contributed by atoms with van der Waals surface area (Å²) in [4.78, 5) is 36.1. The summed E-state index contributed by atoms with van der Waals surface area (Å²) in [6, 6.07) is 7.69. The maximum absolute atomic E-state index is 12.3. The molecule has 3 N–H and O–H groups in total. The second kappa shape index (κ2) is 9.93. The topological polar surface area (TPSA) is 96.5 Å². The van der Waals surface area contributed by atoms with Gasteiger partial charge in [0.25, 0.3) is 11.8 Å². The van der Waals surface area contributed by atoms with Crippen LogP contribution in [-0.2, 0) is 9.53 Å². The average Bonchev–Trinajstić information content (AvgIpc) is 2.55. The van der Waals surface area contributed by atoms with Crippen LogP contribution in [0.4, 0.5) is 4.79 Å². The van der Waals surface area contributed by atoms with E-state index in [1.54, 1.807) is 62.9 Å². The van der Waals surface area contributed by atoms with Gasteiger partial charge in [-0.1, -0.05) is 18.2 Å². The Kier molecular flexibility index (Phi) is 8.27. The molecule has 0 bridgehead atoms. The van der Waals surface area contributed by atoms with Gasteiger partial charge in [0, 0.05) is 5.56 Å². The number of alkyl carbamates (subject to hydrolysis) is 1. The molecule has 0 aromatic heterocycles. The standard InChI is InChI=1S/C17H25N3O4S/c1-17(2,3)24-16(23)18-13(10-11-25-4)15(22)20-19-14(21)12-8-6-5-7-9-12/h5-9,13H,10-11H2,1-4H3,(H,18,23)(H,19,21)(H,20,22)/t13-/m1/s1. The lowest BCUT2D eigenvalue weighted by atomic mass is 10.2. The lowest BCUT2D eigenvalue weighted by Gasteiger charge is -2.23. The zero-order valence-electron chi connectivity index (χ0n) is 14.9. The molecule has 0 fully saturated rings. The number of nitrogens with one attached hydrogen (secondary N) is 3. The van der Waals surface area contributed by atoms with Crippen molar-refractivity contribution < 1.29 is 19.1 Å². The molecule has 7 nitrogen and oxygen atoms in total. The fraction of sp³-hybridized carbons (Fsp3) is 0.471. The number of carbonyl (C=O) groups is 3. The van der Waals surface area contributed by atoms with Crippen molar-refractivity contribution in [3.05, 3.63) is 35.9 Å². The van der Waals surface area contributed by atoms with Gasteiger partial charge in [0.15, 0.2) is 0 Å². The van der Waals surface area contributed by atoms with E-state index in [1.807, 2.05) is 6.26 Å². The van der Waals surface area contributed by atoms with Gasteiger partial charge in [-0.3, -0.25) is 20.4 Å². The van der Waals surface area contributed by atoms with Crippen LogP contribution in [0.2, 0.25) is 0 Å². The summed E-state index contributed by atoms with van der Waals surface area (Å²) in [6.07, 6.45) is 1.63. The van der Waals surface area contributed by atoms with Gasteiger partial charge in [-0.25, -0.2) is 4.79 Å². The SMILES string of the molecule is CSCC[C@@H](NC(=O)OC(C)(C)C)C(=O)NNC(=O)c1ccccc1. The lowest BCUT2D eigenvalue weighted by Crippen LogP contribution is -2.53. The first kappa shape index (κ1) is 20.8. The van der Waals surface area contributed by atoms with Crippen molar-refractivity contribution in [1.29, 1.82) is 0 Å². The second-order valence-electron chi connectivity index (χ2n) is 6.29. The summed E-state index contributed by atoms with van der Waals surface area (Å²) >= 11 is 1.55. The Bertz CT molecular complexity index is 587. The molecule has 25 heavy (non-hydrogen) atoms. The van der Waals surface area contributed by atoms with E-state index in [4.69, 9.17) is 4.74 Å². The van der Waals surface area contributed by atoms with Gasteiger partial charge in [-0.2, -0.15) is 11.8 Å². The molecular weight excluding hydrogens is 342 g/mol. The third-order valence-corrected chi connectivity index (χ3v) is 3.60. The van der Waals surface area contributed by atoms with E-state index in [0.29, 0.717) is 17.7 Å². The van der Waals surface area contributed by atoms with Gasteiger partial charge in [0.1, 0.15) is 11.6 Å². The molecule has 0 aliphatic rings. The van der Waals surface area contributed by atoms with Gasteiger partial charge >= 0.3 is 6.09 Å². The Hall–Kier alpha value is -2.22. The maximum Gasteiger partial charge on any atom is 0.408 e. The van der Waals surface area contributed by atoms with E-state index >= 15 is 0 Å². The maximum atomic E-state index is 12.3. The van der Waals surface area contributed by atoms with Crippen molar-refractivity contribution >= 4 is 29.7 Å². The number of amides is 3. The molecule has 0 saturated heterocycles. The predicted molar refractivity (Wildman–Crippen MR) is 98.2 cm³/mol. The number of carbonyl (C=O) groups excluding carboxylic acids is 3. The predicted octanol–water partition coefficient (Wildman–Crippen LogP) is 2.09. The molecule has 138 valence electrons. The number of ether oxygens (including phenoxy) is 1. The number of thioether (sulfide) groups is 1. The highest BCUT2D eigenvalue weighted by molar-refractivity contribution is 7.98. The Morgan fingerprint density at radius 1 is 1.12 bits per heavy atom. The van der Waals surface area contributed by atoms with Crippen molar-refractivity contribution in [1.82, 2.24) is 16.2 Å². The molecule has 0 radical (unpaired) electrons. The van der Waals surface area contributed by atoms with E-state index < -0.39 is 29.6 Å². The van der Waals surface area contributed by atoms with Crippen LogP contribution in [0.15, 0.2) is 30.3 Å². The highest BCUT2D eigenvalue weighted by Gasteiger charge is 2.24. The summed E-state index contributed by atoms with van der Waals surface area (Å²) in [5, 5.41) is 2.53. The van der Waals surface area contributed by atoms with E-state index in [9.17, 15) is 14.4 Å². The molecule has 3 amide bonds. The molecule has 0 unspecified atom stereocenters. The molecule has 1 aromatic rings. The smallest absolute Gasteiger partial charge is 0.408 e. The molecule has 1 aromatic carbocycles. The van der Waals surface area contributed by atoms with Crippen LogP contribution in [0.1, 0.15) is 37.6 Å². The first-order chi connectivity index (χ1) is 11.7. The van der Waals surface area contributed by atoms with Gasteiger partial charge in [0.2, 0.25) is 0 Å². The third kappa shape index (κ3) is 8.44. The number of hydrazine groups is 1. The Balaban J connectivity index is 2.60. The molecule has 0 spiro atoms. The summed E-state index contributed by atoms with van der Waals surface area (Å²) in [7, 11) is 0. The van der Waals surface area contributed by atoms with Gasteiger partial charge in [0.05, 0.1) is 0 Å². The van der Waals surface area contributed by atoms with Crippen LogP contribution >= 0.6 is 11.8 Å². The molecule has 0 aliphatic heterocycles. The van der Waals surface area contributed by atoms with Crippen molar-refractivity contribution in [3.63, 3.8) is 0 Å². The molecule has 8 heteroatoms. The van der Waals surface area contributed by atoms with Crippen molar-refractivity contribution in [2.24, 2.45) is 0 Å². The van der Waals surface area contributed by atoms with E-state index in [1.165, 1.54) is 0 Å². The number of hydrogen-bond acceptors (Lipinski definition) is 5. The highest BCUT2D eigenvalue weighted by atomic mass is 32.2. The first-order valence-corrected chi connectivity index (χ1v) is 9.26. The molecule has 1 atom stereocenters. The highest BCUT2D eigenvalue weighted by Crippen LogP contribution is 2.08. The summed E-state index contributed by atoms with van der Waals surface area (Å²) < 4.78 is 5.17. The molecule has 1 rings (SSSR count). The summed E-state index contributed by atoms with van der Waals surface area (Å²) in [5.41, 5.74) is 4.44. The fourth-order valence-corrected chi connectivity index (χ4v) is 2.29. The van der Waals surface area contributed by atoms with Crippen molar-refractivity contribution in [2.75, 3.05) is 12.0 Å². The third-order valence-electron chi connectivity index (χ3n) is 2.95. The Morgan fingerprint density at radius 2 is 1.76 bits per heavy atom. The average molecular weight is 367 g/mol. The summed E-state index contributed by atoms with van der Waals surface area (Å²) in [5.74, 6) is -0.278. The Morgan fingerprint density at radius 3 is 2.32 bits per heavy atom. The van der Waals surface area contributed by atoms with Crippen LogP contribution in [0.5, 0.6) is 0 Å². The number of hydrogen-bond donors (Lipinski definition) is 3. The largest absolute Gasteiger partial charge is 0.444 e. The van der Waals surface area contributed by atoms with E-state index in [2.05, 4.69) is 16.2 Å². The molecule has 0 aliphatic carbocycles. The van der Waals surface area contributed by atoms with Crippen molar-refractivity contribution in [3.8, 4) is 0 Å². The molecule has 0 saturated carbocycles. The van der Waals surface area contributed by atoms with Crippen LogP contribution in [0, 0.1) is 0 Å². The zero-order valence-corrected chi connectivity index (χ0v) is 15.7. The number of benzene rings is 1. The second-order valence-corrected chi connectivity index (χ2v) is 7.28. The first-order valence-electron chi connectivity index (χ1n) is 7.86. The van der Waals surface area contributed by atoms with Crippen molar-refractivity contribution in [2.45, 2.75) is 38.8 Å². The van der Waals surface area contributed by atoms with Crippen LogP contribution < -0.4 is 16.2 Å². The van der Waals surface area contributed by atoms with Gasteiger partial charge in [-0.05, 0) is 51.3 Å². The molecular formula is C17H25N3O4S. The van der Waals surface area contributed by atoms with E-state index in [0.717, 1.165) is 0 Å². The quantitative estimate of drug-likeness (QED) is 0.669. The fourth-order valence-electron chi connectivity index (χ4n) is 1.82. The van der Waals surface area contributed by atoms with Crippen LogP contribution in [-0.4, -0.2) is 41.6 Å². The molecule has 0 heterocycles. The summed E-state index contributed by atoms with van der Waals surface area (Å²) in [6.45, 7) is 5.22. The minimum atomic E-state index is -0.807. The van der Waals surface area contributed by atoms with Crippen LogP contribution in [0.3, 0.4) is 0 Å².